The summed E-state index contributed by atoms with van der Waals surface area (Å²) in [4.78, 5) is 0. The first-order chi connectivity index (χ1) is 10.3. The van der Waals surface area contributed by atoms with Crippen molar-refractivity contribution in [1.29, 1.82) is 0 Å². The Kier molecular flexibility index (Phi) is 6.72. The number of ether oxygens (including phenoxy) is 1. The summed E-state index contributed by atoms with van der Waals surface area (Å²) >= 11 is 0. The smallest absolute Gasteiger partial charge is 0.0512 e. The zero-order chi connectivity index (χ0) is 15.1. The van der Waals surface area contributed by atoms with E-state index in [9.17, 15) is 0 Å². The van der Waals surface area contributed by atoms with Gasteiger partial charge >= 0.3 is 0 Å². The Morgan fingerprint density at radius 2 is 2.10 bits per heavy atom. The molecule has 2 atom stereocenters. The molecule has 1 heterocycles. The average Bonchev–Trinajstić information content (AvgIpc) is 2.56. The van der Waals surface area contributed by atoms with Crippen molar-refractivity contribution in [2.24, 2.45) is 5.92 Å². The fraction of sp³-hybridized carbons (Fsp3) is 0.684. The minimum Gasteiger partial charge on any atom is -0.381 e. The molecule has 118 valence electrons. The van der Waals surface area contributed by atoms with Gasteiger partial charge < -0.3 is 10.1 Å². The zero-order valence-corrected chi connectivity index (χ0v) is 14.0. The maximum atomic E-state index is 5.75. The van der Waals surface area contributed by atoms with Crippen molar-refractivity contribution in [3.05, 3.63) is 34.9 Å². The van der Waals surface area contributed by atoms with Crippen LogP contribution in [0.5, 0.6) is 0 Å². The first kappa shape index (κ1) is 16.5. The van der Waals surface area contributed by atoms with E-state index in [-0.39, 0.29) is 0 Å². The molecule has 0 saturated carbocycles. The van der Waals surface area contributed by atoms with E-state index in [1.165, 1.54) is 36.0 Å². The van der Waals surface area contributed by atoms with Crippen LogP contribution in [0.25, 0.3) is 0 Å². The Balaban J connectivity index is 2.29. The lowest BCUT2D eigenvalue weighted by atomic mass is 9.85. The molecule has 1 N–H and O–H groups in total. The van der Waals surface area contributed by atoms with Crippen LogP contribution < -0.4 is 5.32 Å². The standard InChI is InChI=1S/C19H31NO/c1-4-11-20-19(17-8-7-12-21-14-17)18-13-15(5-2)9-10-16(18)6-3/h9-10,13,17,19-20H,4-8,11-12,14H2,1-3H3. The number of benzene rings is 1. The van der Waals surface area contributed by atoms with E-state index in [0.717, 1.165) is 32.6 Å². The van der Waals surface area contributed by atoms with Crippen LogP contribution in [0.4, 0.5) is 0 Å². The maximum Gasteiger partial charge on any atom is 0.0512 e. The van der Waals surface area contributed by atoms with Crippen LogP contribution in [-0.2, 0) is 17.6 Å². The van der Waals surface area contributed by atoms with Gasteiger partial charge in [0, 0.05) is 18.6 Å². The number of nitrogens with one attached hydrogen (secondary N) is 1. The van der Waals surface area contributed by atoms with Gasteiger partial charge in [-0.15, -0.1) is 0 Å². The van der Waals surface area contributed by atoms with Crippen molar-refractivity contribution in [1.82, 2.24) is 5.32 Å². The molecular weight excluding hydrogens is 258 g/mol. The van der Waals surface area contributed by atoms with E-state index < -0.39 is 0 Å². The van der Waals surface area contributed by atoms with Crippen LogP contribution in [-0.4, -0.2) is 19.8 Å². The molecule has 21 heavy (non-hydrogen) atoms. The summed E-state index contributed by atoms with van der Waals surface area (Å²) in [6.07, 6.45) is 5.87. The second-order valence-corrected chi connectivity index (χ2v) is 6.15. The summed E-state index contributed by atoms with van der Waals surface area (Å²) < 4.78 is 5.75. The van der Waals surface area contributed by atoms with Crippen molar-refractivity contribution in [2.45, 2.75) is 58.9 Å². The molecule has 1 aliphatic heterocycles. The lowest BCUT2D eigenvalue weighted by molar-refractivity contribution is 0.0389. The SMILES string of the molecule is CCCNC(c1cc(CC)ccc1CC)C1CCCOC1. The zero-order valence-electron chi connectivity index (χ0n) is 14.0. The van der Waals surface area contributed by atoms with E-state index in [2.05, 4.69) is 44.3 Å². The van der Waals surface area contributed by atoms with E-state index >= 15 is 0 Å². The Labute approximate surface area is 130 Å². The van der Waals surface area contributed by atoms with Gasteiger partial charge in [0.15, 0.2) is 0 Å². The Morgan fingerprint density at radius 1 is 1.24 bits per heavy atom. The van der Waals surface area contributed by atoms with Crippen LogP contribution in [0.3, 0.4) is 0 Å². The Hall–Kier alpha value is -0.860. The van der Waals surface area contributed by atoms with Gasteiger partial charge in [0.1, 0.15) is 0 Å². The van der Waals surface area contributed by atoms with Crippen LogP contribution in [0.15, 0.2) is 18.2 Å². The highest BCUT2D eigenvalue weighted by atomic mass is 16.5. The maximum absolute atomic E-state index is 5.75. The second kappa shape index (κ2) is 8.55. The quantitative estimate of drug-likeness (QED) is 0.809. The van der Waals surface area contributed by atoms with Crippen molar-refractivity contribution in [2.75, 3.05) is 19.8 Å². The van der Waals surface area contributed by atoms with Crippen molar-refractivity contribution in [3.63, 3.8) is 0 Å². The lowest BCUT2D eigenvalue weighted by Gasteiger charge is -2.33. The minimum atomic E-state index is 0.451. The molecule has 1 aromatic carbocycles. The highest BCUT2D eigenvalue weighted by Crippen LogP contribution is 2.32. The summed E-state index contributed by atoms with van der Waals surface area (Å²) in [6, 6.07) is 7.50. The third-order valence-corrected chi connectivity index (χ3v) is 4.62. The van der Waals surface area contributed by atoms with Crippen LogP contribution >= 0.6 is 0 Å². The molecule has 0 aromatic heterocycles. The van der Waals surface area contributed by atoms with E-state index in [1.807, 2.05) is 0 Å². The minimum absolute atomic E-state index is 0.451. The first-order valence-corrected chi connectivity index (χ1v) is 8.72. The molecule has 0 bridgehead atoms. The van der Waals surface area contributed by atoms with Gasteiger partial charge in [-0.25, -0.2) is 0 Å². The van der Waals surface area contributed by atoms with Crippen molar-refractivity contribution < 1.29 is 4.74 Å². The molecule has 2 heteroatoms. The summed E-state index contributed by atoms with van der Waals surface area (Å²) in [5, 5.41) is 3.80. The molecule has 1 aliphatic rings. The topological polar surface area (TPSA) is 21.3 Å². The molecule has 0 spiro atoms. The summed E-state index contributed by atoms with van der Waals surface area (Å²) in [5.74, 6) is 0.614. The Bertz CT molecular complexity index is 424. The molecular formula is C19H31NO. The summed E-state index contributed by atoms with van der Waals surface area (Å²) in [5.41, 5.74) is 4.45. The monoisotopic (exact) mass is 289 g/mol. The van der Waals surface area contributed by atoms with Crippen LogP contribution in [0, 0.1) is 5.92 Å². The Morgan fingerprint density at radius 3 is 2.71 bits per heavy atom. The molecule has 0 amide bonds. The molecule has 1 saturated heterocycles. The van der Waals surface area contributed by atoms with Crippen molar-refractivity contribution in [3.8, 4) is 0 Å². The van der Waals surface area contributed by atoms with Gasteiger partial charge in [-0.1, -0.05) is 39.0 Å². The number of aryl methyl sites for hydroxylation is 2. The fourth-order valence-corrected chi connectivity index (χ4v) is 3.33. The van der Waals surface area contributed by atoms with Gasteiger partial charge in [-0.3, -0.25) is 0 Å². The number of hydrogen-bond donors (Lipinski definition) is 1. The first-order valence-electron chi connectivity index (χ1n) is 8.72. The predicted molar refractivity (Wildman–Crippen MR) is 89.8 cm³/mol. The molecule has 0 radical (unpaired) electrons. The van der Waals surface area contributed by atoms with Gasteiger partial charge in [0.25, 0.3) is 0 Å². The van der Waals surface area contributed by atoms with Crippen LogP contribution in [0.1, 0.15) is 62.8 Å². The number of rotatable bonds is 7. The summed E-state index contributed by atoms with van der Waals surface area (Å²) in [6.45, 7) is 9.67. The van der Waals surface area contributed by atoms with E-state index in [4.69, 9.17) is 4.74 Å². The summed E-state index contributed by atoms with van der Waals surface area (Å²) in [7, 11) is 0. The van der Waals surface area contributed by atoms with E-state index in [1.54, 1.807) is 0 Å². The van der Waals surface area contributed by atoms with Gasteiger partial charge in [0.05, 0.1) is 6.61 Å². The van der Waals surface area contributed by atoms with Gasteiger partial charge in [-0.05, 0) is 55.3 Å². The largest absolute Gasteiger partial charge is 0.381 e. The highest BCUT2D eigenvalue weighted by Gasteiger charge is 2.26. The molecule has 2 rings (SSSR count). The van der Waals surface area contributed by atoms with Gasteiger partial charge in [0.2, 0.25) is 0 Å². The molecule has 2 unspecified atom stereocenters. The third-order valence-electron chi connectivity index (χ3n) is 4.62. The van der Waals surface area contributed by atoms with Crippen LogP contribution in [0.2, 0.25) is 0 Å². The third kappa shape index (κ3) is 4.31. The lowest BCUT2D eigenvalue weighted by Crippen LogP contribution is -2.34. The normalized spacial score (nSPS) is 20.4. The molecule has 0 aliphatic carbocycles. The van der Waals surface area contributed by atoms with Crippen molar-refractivity contribution >= 4 is 0 Å². The average molecular weight is 289 g/mol. The molecule has 1 fully saturated rings. The van der Waals surface area contributed by atoms with E-state index in [0.29, 0.717) is 12.0 Å². The highest BCUT2D eigenvalue weighted by molar-refractivity contribution is 5.35. The molecule has 1 aromatic rings. The number of hydrogen-bond acceptors (Lipinski definition) is 2. The van der Waals surface area contributed by atoms with Gasteiger partial charge in [-0.2, -0.15) is 0 Å². The predicted octanol–water partition coefficient (Wildman–Crippen LogP) is 4.28. The molecule has 2 nitrogen and oxygen atoms in total. The fourth-order valence-electron chi connectivity index (χ4n) is 3.33. The second-order valence-electron chi connectivity index (χ2n) is 6.15.